The van der Waals surface area contributed by atoms with Crippen molar-refractivity contribution in [3.05, 3.63) is 42.1 Å². The maximum Gasteiger partial charge on any atom is 0.326 e. The predicted octanol–water partition coefficient (Wildman–Crippen LogP) is 4.83. The number of phenolic OH excluding ortho intramolecular Hbond substituents is 1. The van der Waals surface area contributed by atoms with E-state index in [4.69, 9.17) is 60.3 Å². The number of hydroxylamine groups is 1. The Morgan fingerprint density at radius 3 is 1.58 bits per heavy atom. The molecule has 4 atom stereocenters. The summed E-state index contributed by atoms with van der Waals surface area (Å²) in [5.41, 5.74) is 20.3. The second-order valence-corrected chi connectivity index (χ2v) is 25.6. The van der Waals surface area contributed by atoms with Crippen LogP contribution in [-0.2, 0) is 92.4 Å². The lowest BCUT2D eigenvalue weighted by atomic mass is 9.94. The molecule has 594 valence electrons. The first-order valence-electron chi connectivity index (χ1n) is 37.3. The molecule has 0 bridgehead atoms. The van der Waals surface area contributed by atoms with Gasteiger partial charge >= 0.3 is 11.9 Å². The van der Waals surface area contributed by atoms with E-state index in [1.807, 2.05) is 6.92 Å². The van der Waals surface area contributed by atoms with Crippen LogP contribution in [0.4, 0.5) is 0 Å². The minimum atomic E-state index is -1.16. The highest BCUT2D eigenvalue weighted by molar-refractivity contribution is 5.88. The Morgan fingerprint density at radius 1 is 0.490 bits per heavy atom. The van der Waals surface area contributed by atoms with Crippen LogP contribution in [-0.4, -0.2) is 224 Å². The molecule has 1 rings (SSSR count). The van der Waals surface area contributed by atoms with Crippen LogP contribution in [0.1, 0.15) is 199 Å². The molecule has 1 aromatic carbocycles. The molecule has 0 radical (unpaired) electrons. The molecule has 15 N–H and O–H groups in total. The lowest BCUT2D eigenvalue weighted by Crippen LogP contribution is -2.48. The highest BCUT2D eigenvalue weighted by atomic mass is 16.7. The van der Waals surface area contributed by atoms with Crippen LogP contribution in [0.15, 0.2) is 41.5 Å². The number of carbonyl (C=O) groups excluding carboxylic acids is 8. The summed E-state index contributed by atoms with van der Waals surface area (Å²) in [6, 6.07) is 3.71. The molecule has 0 saturated carbocycles. The molecule has 5 amide bonds. The van der Waals surface area contributed by atoms with E-state index in [1.165, 1.54) is 50.7 Å². The van der Waals surface area contributed by atoms with Crippen molar-refractivity contribution in [1.82, 2.24) is 32.1 Å². The monoisotopic (exact) mass is 1480 g/mol. The Kier molecular flexibility index (Phi) is 59.5. The van der Waals surface area contributed by atoms with Gasteiger partial charge in [-0.05, 0) is 81.9 Å². The van der Waals surface area contributed by atoms with E-state index in [0.29, 0.717) is 95.4 Å². The van der Waals surface area contributed by atoms with Gasteiger partial charge in [0.25, 0.3) is 0 Å². The summed E-state index contributed by atoms with van der Waals surface area (Å²) in [6.07, 6.45) is 20.7. The van der Waals surface area contributed by atoms with E-state index in [0.717, 1.165) is 44.9 Å². The number of Topliss-reactive ketones (excluding diaryl/α,β-unsaturated/α-hetero) is 3. The van der Waals surface area contributed by atoms with E-state index >= 15 is 0 Å². The zero-order chi connectivity index (χ0) is 76.5. The van der Waals surface area contributed by atoms with Crippen molar-refractivity contribution < 1.29 is 101 Å². The van der Waals surface area contributed by atoms with Crippen LogP contribution in [0.25, 0.3) is 0 Å². The van der Waals surface area contributed by atoms with Crippen LogP contribution in [0, 0.1) is 5.92 Å². The number of unbranched alkanes of at least 4 members (excludes halogenated alkanes) is 14. The summed E-state index contributed by atoms with van der Waals surface area (Å²) in [7, 11) is 0. The number of nitrogens with two attached hydrogens (primary N) is 3. The van der Waals surface area contributed by atoms with Crippen LogP contribution in [0.2, 0.25) is 0 Å². The van der Waals surface area contributed by atoms with Gasteiger partial charge in [-0.15, -0.1) is 0 Å². The molecule has 0 spiro atoms. The highest BCUT2D eigenvalue weighted by Crippen LogP contribution is 2.17. The van der Waals surface area contributed by atoms with E-state index < -0.39 is 41.9 Å². The molecule has 31 nitrogen and oxygen atoms in total. The Labute approximate surface area is 614 Å². The number of nitrogens with one attached hydrogen (secondary N) is 6. The number of amides is 5. The van der Waals surface area contributed by atoms with Gasteiger partial charge in [0.15, 0.2) is 11.7 Å². The largest absolute Gasteiger partial charge is 0.508 e. The van der Waals surface area contributed by atoms with Gasteiger partial charge in [0.05, 0.1) is 78.3 Å². The van der Waals surface area contributed by atoms with E-state index in [-0.39, 0.29) is 203 Å². The van der Waals surface area contributed by atoms with Gasteiger partial charge in [0.2, 0.25) is 29.5 Å². The number of carbonyl (C=O) groups is 10. The average Bonchev–Trinajstić information content (AvgIpc) is 0.900. The van der Waals surface area contributed by atoms with E-state index in [9.17, 15) is 58.2 Å². The third-order valence-electron chi connectivity index (χ3n) is 16.4. The first kappa shape index (κ1) is 94.8. The second-order valence-electron chi connectivity index (χ2n) is 25.6. The van der Waals surface area contributed by atoms with Gasteiger partial charge in [-0.1, -0.05) is 109 Å². The summed E-state index contributed by atoms with van der Waals surface area (Å²) in [6.45, 7) is 9.10. The molecule has 0 aliphatic carbocycles. The molecule has 0 unspecified atom stereocenters. The van der Waals surface area contributed by atoms with Crippen LogP contribution >= 0.6 is 0 Å². The lowest BCUT2D eigenvalue weighted by molar-refractivity contribution is -0.142. The Bertz CT molecular complexity index is 2560. The highest BCUT2D eigenvalue weighted by Gasteiger charge is 2.24. The van der Waals surface area contributed by atoms with E-state index in [1.54, 1.807) is 12.1 Å². The molecule has 1 aromatic rings. The Hall–Kier alpha value is -7.23. The quantitative estimate of drug-likeness (QED) is 0.0180. The number of rotatable bonds is 75. The minimum Gasteiger partial charge on any atom is -0.508 e. The molecule has 0 fully saturated rings. The van der Waals surface area contributed by atoms with Crippen molar-refractivity contribution in [2.24, 2.45) is 28.1 Å². The number of phenols is 1. The topological polar surface area (TPSA) is 468 Å². The van der Waals surface area contributed by atoms with Crippen LogP contribution in [0.3, 0.4) is 0 Å². The molecule has 0 aromatic heterocycles. The zero-order valence-electron chi connectivity index (χ0n) is 61.8. The second kappa shape index (κ2) is 65.3. The standard InChI is InChI=1S/C73H126N10O21/c1-3-58(65(87)51-80-59(24-20-36-79-73(75)76)50-67(89)82-64(71(74)94)49-57-29-31-61(85)32-30-57)23-18-19-35-77-68(90)54-103-46-43-99-40-37-78-69(91)55-102-45-42-98-39-22-26-62(86)53-101-47-48-104-83-56(2)52-100-44-41-97-38-21-25-60(84)33-34-63(72(95)96)81-66(88)27-16-14-12-10-8-6-4-5-7-9-11-13-15-17-28-70(92)93/h29-32,58-59,63-64,80,83,85H,2-28,33-55H2,1H3,(H2,74,94)(H,77,90)(H,78,91)(H,81,88)(H,82,89)(H,92,93)(H,95,96)(H4,75,76,79)/t58-,59-,63-,64-/m0/s1. The zero-order valence-corrected chi connectivity index (χ0v) is 61.8. The van der Waals surface area contributed by atoms with E-state index in [2.05, 4.69) is 43.6 Å². The molecule has 0 heterocycles. The van der Waals surface area contributed by atoms with Crippen molar-refractivity contribution in [1.29, 1.82) is 0 Å². The Morgan fingerprint density at radius 2 is 1.01 bits per heavy atom. The number of ether oxygens (including phenoxy) is 7. The smallest absolute Gasteiger partial charge is 0.326 e. The van der Waals surface area contributed by atoms with Gasteiger partial charge in [-0.25, -0.2) is 4.79 Å². The number of benzene rings is 1. The number of aliphatic imine (C=N–C) groups is 1. The molecule has 0 aliphatic rings. The summed E-state index contributed by atoms with van der Waals surface area (Å²) < 4.78 is 38.1. The SMILES string of the molecule is C=C(COCCOCCCC(=O)CC[C@H](NC(=O)CCCCCCCCCCCCCCCCC(=O)O)C(=O)O)NOCCOCC(=O)CCCOCCOCC(=O)NCCOCCOCC(=O)NCCCC[C@H](CC)C(=O)CN[C@@H](CCCN=C(N)N)CC(=O)N[C@@H](Cc1ccc(O)cc1)C(N)=O. The summed E-state index contributed by atoms with van der Waals surface area (Å²) in [5, 5.41) is 41.8. The molecule has 31 heteroatoms. The van der Waals surface area contributed by atoms with Crippen LogP contribution < -0.4 is 49.3 Å². The minimum absolute atomic E-state index is 0.00740. The summed E-state index contributed by atoms with van der Waals surface area (Å²) in [5.74, 6) is -4.37. The van der Waals surface area contributed by atoms with Gasteiger partial charge in [0, 0.05) is 89.8 Å². The fourth-order valence-electron chi connectivity index (χ4n) is 10.6. The van der Waals surface area contributed by atoms with Crippen molar-refractivity contribution in [3.63, 3.8) is 0 Å². The Balaban J connectivity index is 1.98. The fourth-order valence-corrected chi connectivity index (χ4v) is 10.6. The number of guanidine groups is 1. The number of carboxylic acids is 2. The molecule has 0 aliphatic heterocycles. The van der Waals surface area contributed by atoms with Crippen molar-refractivity contribution in [2.45, 2.75) is 218 Å². The predicted molar refractivity (Wildman–Crippen MR) is 391 cm³/mol. The third-order valence-corrected chi connectivity index (χ3v) is 16.4. The molecular formula is C73H126N10O21. The average molecular weight is 1480 g/mol. The van der Waals surface area contributed by atoms with Gasteiger partial charge in [0.1, 0.15) is 49.2 Å². The molecule has 0 saturated heterocycles. The van der Waals surface area contributed by atoms with Crippen molar-refractivity contribution >= 4 is 64.8 Å². The number of primary amides is 1. The number of aliphatic carboxylic acids is 2. The summed E-state index contributed by atoms with van der Waals surface area (Å²) >= 11 is 0. The van der Waals surface area contributed by atoms with Crippen LogP contribution in [0.5, 0.6) is 5.75 Å². The number of hydrogen-bond acceptors (Lipinski definition) is 22. The molecular weight excluding hydrogens is 1350 g/mol. The first-order valence-corrected chi connectivity index (χ1v) is 37.3. The fraction of sp³-hybridized carbons (Fsp3) is 0.740. The van der Waals surface area contributed by atoms with Crippen molar-refractivity contribution in [2.75, 3.05) is 125 Å². The van der Waals surface area contributed by atoms with Gasteiger partial charge in [-0.3, -0.25) is 58.5 Å². The maximum atomic E-state index is 13.3. The normalized spacial score (nSPS) is 12.3. The number of carboxylic acid groups (broad SMARTS) is 2. The van der Waals surface area contributed by atoms with Gasteiger partial charge in [-0.2, -0.15) is 0 Å². The van der Waals surface area contributed by atoms with Gasteiger partial charge < -0.3 is 92.3 Å². The number of nitrogens with zero attached hydrogens (tertiary/aromatic N) is 1. The lowest BCUT2D eigenvalue weighted by Gasteiger charge is -2.22. The third kappa shape index (κ3) is 59.1. The van der Waals surface area contributed by atoms with Crippen molar-refractivity contribution in [3.8, 4) is 5.75 Å². The number of hydrogen-bond donors (Lipinski definition) is 12. The maximum absolute atomic E-state index is 13.3. The summed E-state index contributed by atoms with van der Waals surface area (Å²) in [4.78, 5) is 132. The number of aromatic hydroxyl groups is 1. The molecule has 104 heavy (non-hydrogen) atoms. The number of ketones is 3. The first-order chi connectivity index (χ1) is 50.2.